The van der Waals surface area contributed by atoms with Crippen LogP contribution in [0.4, 0.5) is 8.78 Å². The number of nitrogens with zero attached hydrogens (tertiary/aromatic N) is 4. The molecule has 5 rings (SSSR count). The number of hydrogen-bond donors (Lipinski definition) is 0. The Bertz CT molecular complexity index is 1720. The van der Waals surface area contributed by atoms with Crippen molar-refractivity contribution in [2.24, 2.45) is 0 Å². The van der Waals surface area contributed by atoms with E-state index in [0.717, 1.165) is 20.0 Å². The van der Waals surface area contributed by atoms with Gasteiger partial charge in [-0.15, -0.1) is 0 Å². The van der Waals surface area contributed by atoms with Crippen molar-refractivity contribution in [2.45, 2.75) is 11.8 Å². The summed E-state index contributed by atoms with van der Waals surface area (Å²) in [6, 6.07) is 9.12. The number of fused-ring (bicyclic) bond motifs is 4. The topological polar surface area (TPSA) is 86.3 Å². The van der Waals surface area contributed by atoms with Crippen molar-refractivity contribution >= 4 is 49.2 Å². The van der Waals surface area contributed by atoms with E-state index in [1.54, 1.807) is 12.1 Å². The highest BCUT2D eigenvalue weighted by atomic mass is 35.5. The van der Waals surface area contributed by atoms with Gasteiger partial charge in [-0.05, 0) is 36.7 Å². The second kappa shape index (κ2) is 7.51. The van der Waals surface area contributed by atoms with Crippen LogP contribution in [0.5, 0.6) is 0 Å². The van der Waals surface area contributed by atoms with Gasteiger partial charge < -0.3 is 12.4 Å². The van der Waals surface area contributed by atoms with Gasteiger partial charge in [0.2, 0.25) is 5.28 Å². The lowest BCUT2D eigenvalue weighted by Gasteiger charge is -2.10. The lowest BCUT2D eigenvalue weighted by Crippen LogP contribution is -3.00. The number of aryl methyl sites for hydroxylation is 1. The summed E-state index contributed by atoms with van der Waals surface area (Å²) in [7, 11) is -4.03. The molecule has 0 bridgehead atoms. The molecular weight excluding hydrogens is 485 g/mol. The molecule has 12 heteroatoms. The Hall–Kier alpha value is -3.08. The summed E-state index contributed by atoms with van der Waals surface area (Å²) < 4.78 is 55.9. The molecule has 0 atom stereocenters. The molecular formula is C20H12Cl2F2N4O3S. The van der Waals surface area contributed by atoms with Crippen LogP contribution in [0, 0.1) is 18.6 Å². The van der Waals surface area contributed by atoms with Crippen molar-refractivity contribution < 1.29 is 31.0 Å². The van der Waals surface area contributed by atoms with E-state index in [9.17, 15) is 22.0 Å². The minimum atomic E-state index is -4.03. The quantitative estimate of drug-likeness (QED) is 0.266. The first-order valence-corrected chi connectivity index (χ1v) is 10.7. The number of hydrogen-bond acceptors (Lipinski definition) is 5. The third-order valence-electron chi connectivity index (χ3n) is 4.92. The van der Waals surface area contributed by atoms with Crippen molar-refractivity contribution in [3.05, 3.63) is 81.5 Å². The summed E-state index contributed by atoms with van der Waals surface area (Å²) in [6.07, 6.45) is 1.26. The second-order valence-corrected chi connectivity index (χ2v) is 9.06. The largest absolute Gasteiger partial charge is 1.00 e. The maximum atomic E-state index is 14.2. The molecule has 164 valence electrons. The molecule has 0 amide bonds. The molecule has 3 heterocycles. The Kier molecular flexibility index (Phi) is 5.19. The van der Waals surface area contributed by atoms with Crippen LogP contribution in [0.2, 0.25) is 5.28 Å². The predicted molar refractivity (Wildman–Crippen MR) is 112 cm³/mol. The van der Waals surface area contributed by atoms with Gasteiger partial charge in [0.05, 0.1) is 15.8 Å². The molecule has 0 N–H and O–H groups in total. The molecule has 0 radical (unpaired) electrons. The van der Waals surface area contributed by atoms with Gasteiger partial charge in [-0.25, -0.2) is 30.6 Å². The molecule has 0 aliphatic heterocycles. The van der Waals surface area contributed by atoms with Gasteiger partial charge in [0.1, 0.15) is 17.0 Å². The van der Waals surface area contributed by atoms with Crippen LogP contribution >= 0.6 is 11.6 Å². The van der Waals surface area contributed by atoms with Gasteiger partial charge in [0.25, 0.3) is 15.6 Å². The van der Waals surface area contributed by atoms with Crippen LogP contribution in [-0.4, -0.2) is 26.8 Å². The van der Waals surface area contributed by atoms with Crippen LogP contribution in [-0.2, 0) is 10.0 Å². The van der Waals surface area contributed by atoms with E-state index in [1.165, 1.54) is 24.4 Å². The first-order valence-electron chi connectivity index (χ1n) is 8.89. The molecule has 7 nitrogen and oxygen atoms in total. The summed E-state index contributed by atoms with van der Waals surface area (Å²) in [5, 5.41) is -0.693. The zero-order chi connectivity index (χ0) is 22.1. The minimum Gasteiger partial charge on any atom is -1.00 e. The highest BCUT2D eigenvalue weighted by Crippen LogP contribution is 2.26. The number of aromatic nitrogens is 4. The van der Waals surface area contributed by atoms with Crippen molar-refractivity contribution in [3.8, 4) is 0 Å². The zero-order valence-corrected chi connectivity index (χ0v) is 18.4. The van der Waals surface area contributed by atoms with E-state index in [2.05, 4.69) is 9.97 Å². The molecule has 0 fully saturated rings. The summed E-state index contributed by atoms with van der Waals surface area (Å²) >= 11 is 6.18. The van der Waals surface area contributed by atoms with E-state index in [4.69, 9.17) is 11.6 Å². The maximum Gasteiger partial charge on any atom is 1.00 e. The summed E-state index contributed by atoms with van der Waals surface area (Å²) in [5.74, 6) is -1.99. The fraction of sp³-hybridized carbons (Fsp3) is 0.0500. The molecule has 0 aliphatic carbocycles. The molecule has 0 aliphatic rings. The van der Waals surface area contributed by atoms with Crippen LogP contribution < -0.4 is 18.0 Å². The van der Waals surface area contributed by atoms with Gasteiger partial charge in [-0.1, -0.05) is 17.7 Å². The van der Waals surface area contributed by atoms with E-state index < -0.39 is 37.9 Å². The maximum absolute atomic E-state index is 14.2. The van der Waals surface area contributed by atoms with E-state index in [1.807, 2.05) is 6.92 Å². The smallest absolute Gasteiger partial charge is 1.00 e. The molecule has 0 spiro atoms. The molecule has 0 unspecified atom stereocenters. The van der Waals surface area contributed by atoms with E-state index in [-0.39, 0.29) is 40.9 Å². The second-order valence-electron chi connectivity index (χ2n) is 6.91. The lowest BCUT2D eigenvalue weighted by atomic mass is 10.2. The van der Waals surface area contributed by atoms with Crippen LogP contribution in [0.3, 0.4) is 0 Å². The van der Waals surface area contributed by atoms with Gasteiger partial charge in [-0.2, -0.15) is 4.98 Å². The van der Waals surface area contributed by atoms with Crippen LogP contribution in [0.1, 0.15) is 6.99 Å². The summed E-state index contributed by atoms with van der Waals surface area (Å²) in [4.78, 5) is 21.1. The molecule has 32 heavy (non-hydrogen) atoms. The zero-order valence-electron chi connectivity index (χ0n) is 17.1. The van der Waals surface area contributed by atoms with Gasteiger partial charge in [0.15, 0.2) is 11.3 Å². The molecule has 3 aromatic heterocycles. The minimum absolute atomic E-state index is 0. The standard InChI is InChI=1S/C20H11ClF2N4O3S.ClH/c1-10-2-4-12(5-3-10)31(29,30)26-7-6-13-17(26)25-20(21)27-18(13)24-15-9-11(22)8-14(23)16(15)19(27)28;/h2-9H,1H3;1H. The predicted octanol–water partition coefficient (Wildman–Crippen LogP) is 0.791. The Morgan fingerprint density at radius 1 is 1.03 bits per heavy atom. The van der Waals surface area contributed by atoms with Crippen LogP contribution in [0.25, 0.3) is 27.6 Å². The fourth-order valence-electron chi connectivity index (χ4n) is 3.43. The van der Waals surface area contributed by atoms with Crippen molar-refractivity contribution in [3.63, 3.8) is 0 Å². The van der Waals surface area contributed by atoms with E-state index in [0.29, 0.717) is 6.07 Å². The van der Waals surface area contributed by atoms with E-state index >= 15 is 0 Å². The first kappa shape index (κ1) is 22.1. The third-order valence-corrected chi connectivity index (χ3v) is 6.85. The number of benzene rings is 2. The lowest BCUT2D eigenvalue weighted by molar-refractivity contribution is -0.0000101. The number of halogens is 4. The molecule has 5 aromatic rings. The number of rotatable bonds is 2. The van der Waals surface area contributed by atoms with Crippen LogP contribution in [0.15, 0.2) is 58.4 Å². The van der Waals surface area contributed by atoms with Crippen molar-refractivity contribution in [1.29, 1.82) is 0 Å². The Balaban J connectivity index is 0.00000153. The SMILES string of the molecule is Cc1ccc(S(=O)(=O)n2ccc3c2nc(Cl)n2c(=O)c4c(F)cc(F)cc4nc32)cc1.[Cl-].[H+]. The van der Waals surface area contributed by atoms with Gasteiger partial charge >= 0.3 is 1.43 Å². The highest BCUT2D eigenvalue weighted by molar-refractivity contribution is 7.90. The average Bonchev–Trinajstić information content (AvgIpc) is 3.12. The average molecular weight is 497 g/mol. The normalized spacial score (nSPS) is 11.9. The first-order chi connectivity index (χ1) is 14.7. The monoisotopic (exact) mass is 496 g/mol. The Labute approximate surface area is 191 Å². The molecule has 2 aromatic carbocycles. The van der Waals surface area contributed by atoms with Gasteiger partial charge in [-0.3, -0.25) is 4.79 Å². The third kappa shape index (κ3) is 3.14. The van der Waals surface area contributed by atoms with Gasteiger partial charge in [0, 0.05) is 18.3 Å². The highest BCUT2D eigenvalue weighted by Gasteiger charge is 2.23. The molecule has 0 saturated carbocycles. The van der Waals surface area contributed by atoms with Crippen molar-refractivity contribution in [1.82, 2.24) is 18.3 Å². The fourth-order valence-corrected chi connectivity index (χ4v) is 4.96. The summed E-state index contributed by atoms with van der Waals surface area (Å²) in [5.41, 5.74) is -0.367. The Morgan fingerprint density at radius 3 is 2.41 bits per heavy atom. The summed E-state index contributed by atoms with van der Waals surface area (Å²) in [6.45, 7) is 1.83. The Morgan fingerprint density at radius 2 is 1.72 bits per heavy atom. The van der Waals surface area contributed by atoms with Crippen molar-refractivity contribution in [2.75, 3.05) is 0 Å². The molecule has 0 saturated heterocycles.